The van der Waals surface area contributed by atoms with Gasteiger partial charge in [0.2, 0.25) is 5.71 Å². The minimum atomic E-state index is -4.42. The smallest absolute Gasteiger partial charge is 0.389 e. The molecular formula is C30H25F4N3O3. The van der Waals surface area contributed by atoms with E-state index in [1.54, 1.807) is 30.3 Å². The molecule has 3 aliphatic rings. The average molecular weight is 552 g/mol. The number of pyridine rings is 1. The van der Waals surface area contributed by atoms with Crippen LogP contribution in [0.3, 0.4) is 0 Å². The molecule has 6 nitrogen and oxygen atoms in total. The fourth-order valence-electron chi connectivity index (χ4n) is 5.69. The van der Waals surface area contributed by atoms with Crippen molar-refractivity contribution in [3.05, 3.63) is 77.2 Å². The van der Waals surface area contributed by atoms with Crippen LogP contribution in [0.2, 0.25) is 0 Å². The lowest BCUT2D eigenvalue weighted by molar-refractivity contribution is -0.134. The van der Waals surface area contributed by atoms with Crippen molar-refractivity contribution < 1.29 is 31.6 Å². The molecule has 0 unspecified atom stereocenters. The Morgan fingerprint density at radius 1 is 1.02 bits per heavy atom. The molecule has 2 aromatic carbocycles. The van der Waals surface area contributed by atoms with Gasteiger partial charge in [-0.3, -0.25) is 9.59 Å². The number of amides is 2. The third-order valence-corrected chi connectivity index (χ3v) is 7.82. The number of hydrogen-bond donors (Lipinski definition) is 2. The number of benzene rings is 2. The number of carbonyl (C=O) groups is 2. The van der Waals surface area contributed by atoms with Gasteiger partial charge in [0.1, 0.15) is 11.6 Å². The molecule has 7 rings (SSSR count). The molecule has 2 aromatic heterocycles. The third kappa shape index (κ3) is 4.71. The Bertz CT molecular complexity index is 1630. The standard InChI is InChI=1S/C30H25F4N3O3/c1-35-27(39)24-22-12-21(18-3-2-4-19(11-18)26(38)37-29-13-16(14-29)15-29)23(9-10-30(32,33)34)36-28(22)40-25(24)17-5-7-20(31)8-6-17/h2-8,11-12,16H,9-10,13-15H2,1H3,(H,35,39)(H,37,38). The number of halogens is 4. The first-order valence-corrected chi connectivity index (χ1v) is 13.0. The summed E-state index contributed by atoms with van der Waals surface area (Å²) in [5.41, 5.74) is 1.72. The van der Waals surface area contributed by atoms with Crippen LogP contribution in [0.5, 0.6) is 0 Å². The predicted octanol–water partition coefficient (Wildman–Crippen LogP) is 6.44. The van der Waals surface area contributed by atoms with E-state index in [0.29, 0.717) is 28.2 Å². The highest BCUT2D eigenvalue weighted by molar-refractivity contribution is 6.11. The molecule has 3 saturated carbocycles. The van der Waals surface area contributed by atoms with Crippen LogP contribution < -0.4 is 10.6 Å². The first-order chi connectivity index (χ1) is 19.0. The second-order valence-corrected chi connectivity index (χ2v) is 10.6. The van der Waals surface area contributed by atoms with E-state index >= 15 is 0 Å². The maximum Gasteiger partial charge on any atom is 0.389 e. The summed E-state index contributed by atoms with van der Waals surface area (Å²) < 4.78 is 59.2. The summed E-state index contributed by atoms with van der Waals surface area (Å²) in [7, 11) is 1.44. The second kappa shape index (κ2) is 9.46. The number of aromatic nitrogens is 1. The zero-order chi connectivity index (χ0) is 28.2. The van der Waals surface area contributed by atoms with Crippen molar-refractivity contribution in [1.82, 2.24) is 15.6 Å². The molecule has 3 aliphatic carbocycles. The van der Waals surface area contributed by atoms with Gasteiger partial charge in [0, 0.05) is 35.7 Å². The number of hydrogen-bond acceptors (Lipinski definition) is 4. The largest absolute Gasteiger partial charge is 0.437 e. The molecule has 40 heavy (non-hydrogen) atoms. The van der Waals surface area contributed by atoms with Crippen molar-refractivity contribution in [1.29, 1.82) is 0 Å². The summed E-state index contributed by atoms with van der Waals surface area (Å²) in [5.74, 6) is -0.411. The summed E-state index contributed by atoms with van der Waals surface area (Å²) in [5, 5.41) is 5.95. The van der Waals surface area contributed by atoms with E-state index in [0.717, 1.165) is 19.3 Å². The molecule has 0 atom stereocenters. The van der Waals surface area contributed by atoms with Gasteiger partial charge in [-0.15, -0.1) is 0 Å². The molecule has 0 aliphatic heterocycles. The molecule has 2 heterocycles. The number of carbonyl (C=O) groups excluding carboxylic acids is 2. The Balaban J connectivity index is 1.47. The van der Waals surface area contributed by atoms with Gasteiger partial charge in [-0.05, 0) is 79.6 Å². The lowest BCUT2D eigenvalue weighted by Gasteiger charge is -2.61. The normalized spacial score (nSPS) is 19.6. The van der Waals surface area contributed by atoms with Crippen LogP contribution in [-0.4, -0.2) is 35.6 Å². The zero-order valence-electron chi connectivity index (χ0n) is 21.5. The van der Waals surface area contributed by atoms with Crippen molar-refractivity contribution in [3.63, 3.8) is 0 Å². The van der Waals surface area contributed by atoms with Gasteiger partial charge in [0.25, 0.3) is 11.8 Å². The summed E-state index contributed by atoms with van der Waals surface area (Å²) in [4.78, 5) is 30.4. The second-order valence-electron chi connectivity index (χ2n) is 10.6. The Morgan fingerprint density at radius 2 is 1.75 bits per heavy atom. The summed E-state index contributed by atoms with van der Waals surface area (Å²) in [6.45, 7) is 0. The average Bonchev–Trinajstić information content (AvgIpc) is 3.26. The Morgan fingerprint density at radius 3 is 2.38 bits per heavy atom. The number of fused-ring (bicyclic) bond motifs is 1. The molecule has 2 amide bonds. The minimum Gasteiger partial charge on any atom is -0.437 e. The van der Waals surface area contributed by atoms with Gasteiger partial charge in [0.15, 0.2) is 0 Å². The molecule has 10 heteroatoms. The molecule has 0 spiro atoms. The van der Waals surface area contributed by atoms with E-state index < -0.39 is 30.7 Å². The Hall–Kier alpha value is -4.21. The van der Waals surface area contributed by atoms with Crippen LogP contribution in [0.15, 0.2) is 59.0 Å². The quantitative estimate of drug-likeness (QED) is 0.259. The van der Waals surface area contributed by atoms with Crippen LogP contribution in [0, 0.1) is 11.7 Å². The fraction of sp³-hybridized carbons (Fsp3) is 0.300. The van der Waals surface area contributed by atoms with Crippen LogP contribution in [0.1, 0.15) is 52.1 Å². The van der Waals surface area contributed by atoms with E-state index in [-0.39, 0.29) is 39.6 Å². The van der Waals surface area contributed by atoms with E-state index in [1.165, 1.54) is 31.3 Å². The SMILES string of the molecule is CNC(=O)c1c(-c2ccc(F)cc2)oc2nc(CCC(F)(F)F)c(-c3cccc(C(=O)NC45CC(C4)C5)c3)cc12. The minimum absolute atomic E-state index is 0.0173. The number of aryl methyl sites for hydroxylation is 1. The van der Waals surface area contributed by atoms with Gasteiger partial charge in [-0.25, -0.2) is 9.37 Å². The lowest BCUT2D eigenvalue weighted by Crippen LogP contribution is -2.68. The van der Waals surface area contributed by atoms with Crippen LogP contribution >= 0.6 is 0 Å². The number of nitrogens with one attached hydrogen (secondary N) is 2. The first-order valence-electron chi connectivity index (χ1n) is 13.0. The molecule has 0 radical (unpaired) electrons. The number of alkyl halides is 3. The molecular weight excluding hydrogens is 526 g/mol. The lowest BCUT2D eigenvalue weighted by atomic mass is 9.50. The summed E-state index contributed by atoms with van der Waals surface area (Å²) in [6, 6.07) is 13.5. The monoisotopic (exact) mass is 551 g/mol. The first kappa shape index (κ1) is 26.0. The zero-order valence-corrected chi connectivity index (χ0v) is 21.5. The molecule has 2 N–H and O–H groups in total. The van der Waals surface area contributed by atoms with Crippen molar-refractivity contribution in [2.45, 2.75) is 43.8 Å². The van der Waals surface area contributed by atoms with Crippen LogP contribution in [0.4, 0.5) is 17.6 Å². The van der Waals surface area contributed by atoms with Crippen molar-refractivity contribution >= 4 is 22.9 Å². The number of nitrogens with zero attached hydrogens (tertiary/aromatic N) is 1. The van der Waals surface area contributed by atoms with Gasteiger partial charge in [-0.2, -0.15) is 13.2 Å². The topological polar surface area (TPSA) is 84.2 Å². The maximum atomic E-state index is 13.6. The molecule has 4 aromatic rings. The highest BCUT2D eigenvalue weighted by Gasteiger charge is 2.57. The molecule has 206 valence electrons. The van der Waals surface area contributed by atoms with Crippen molar-refractivity contribution in [3.8, 4) is 22.5 Å². The van der Waals surface area contributed by atoms with Crippen molar-refractivity contribution in [2.75, 3.05) is 7.05 Å². The fourth-order valence-corrected chi connectivity index (χ4v) is 5.69. The van der Waals surface area contributed by atoms with E-state index in [2.05, 4.69) is 15.6 Å². The molecule has 2 bridgehead atoms. The highest BCUT2D eigenvalue weighted by Crippen LogP contribution is 2.57. The van der Waals surface area contributed by atoms with Gasteiger partial charge >= 0.3 is 6.18 Å². The predicted molar refractivity (Wildman–Crippen MR) is 140 cm³/mol. The van der Waals surface area contributed by atoms with Crippen molar-refractivity contribution in [2.24, 2.45) is 5.92 Å². The molecule has 0 saturated heterocycles. The molecule has 3 fully saturated rings. The van der Waals surface area contributed by atoms with Crippen LogP contribution in [-0.2, 0) is 6.42 Å². The Kier molecular flexibility index (Phi) is 6.16. The number of rotatable bonds is 7. The van der Waals surface area contributed by atoms with E-state index in [4.69, 9.17) is 4.42 Å². The summed E-state index contributed by atoms with van der Waals surface area (Å²) >= 11 is 0. The van der Waals surface area contributed by atoms with E-state index in [9.17, 15) is 27.2 Å². The number of furan rings is 1. The highest BCUT2D eigenvalue weighted by atomic mass is 19.4. The maximum absolute atomic E-state index is 13.6. The van der Waals surface area contributed by atoms with Gasteiger partial charge < -0.3 is 15.1 Å². The van der Waals surface area contributed by atoms with E-state index in [1.807, 2.05) is 0 Å². The summed E-state index contributed by atoms with van der Waals surface area (Å²) in [6.07, 6.45) is -3.05. The van der Waals surface area contributed by atoms with Gasteiger partial charge in [-0.1, -0.05) is 12.1 Å². The van der Waals surface area contributed by atoms with Gasteiger partial charge in [0.05, 0.1) is 16.6 Å². The van der Waals surface area contributed by atoms with Crippen LogP contribution in [0.25, 0.3) is 33.6 Å². The third-order valence-electron chi connectivity index (χ3n) is 7.82. The Labute approximate surface area is 226 Å².